The van der Waals surface area contributed by atoms with E-state index < -0.39 is 0 Å². The molecule has 4 nitrogen and oxygen atoms in total. The van der Waals surface area contributed by atoms with E-state index in [0.717, 1.165) is 6.42 Å². The highest BCUT2D eigenvalue weighted by atomic mass is 16.3. The minimum absolute atomic E-state index is 0.0876. The summed E-state index contributed by atoms with van der Waals surface area (Å²) in [6, 6.07) is 10.1. The van der Waals surface area contributed by atoms with Crippen molar-refractivity contribution in [3.63, 3.8) is 0 Å². The van der Waals surface area contributed by atoms with Gasteiger partial charge in [-0.2, -0.15) is 0 Å². The number of hydrogen-bond acceptors (Lipinski definition) is 2. The molecule has 1 unspecified atom stereocenters. The third-order valence-electron chi connectivity index (χ3n) is 3.79. The molecule has 21 heavy (non-hydrogen) atoms. The highest BCUT2D eigenvalue weighted by Gasteiger charge is 2.18. The number of carbonyl (C=O) groups is 1. The summed E-state index contributed by atoms with van der Waals surface area (Å²) in [6.45, 7) is 7.52. The number of nitrogens with one attached hydrogen (secondary N) is 2. The number of aliphatic hydroxyl groups excluding tert-OH is 1. The first kappa shape index (κ1) is 17.5. The van der Waals surface area contributed by atoms with Crippen LogP contribution in [0.2, 0.25) is 0 Å². The Bertz CT molecular complexity index is 418. The molecule has 3 N–H and O–H groups in total. The maximum Gasteiger partial charge on any atom is 0.314 e. The quantitative estimate of drug-likeness (QED) is 0.690. The molecule has 1 aromatic carbocycles. The van der Waals surface area contributed by atoms with Gasteiger partial charge in [0.1, 0.15) is 0 Å². The maximum absolute atomic E-state index is 11.9. The van der Waals surface area contributed by atoms with Crippen LogP contribution in [0, 0.1) is 5.41 Å². The van der Waals surface area contributed by atoms with Crippen LogP contribution in [0.3, 0.4) is 0 Å². The van der Waals surface area contributed by atoms with Crippen molar-refractivity contribution in [2.75, 3.05) is 19.7 Å². The Kier molecular flexibility index (Phi) is 7.23. The van der Waals surface area contributed by atoms with E-state index in [4.69, 9.17) is 5.11 Å². The van der Waals surface area contributed by atoms with E-state index in [-0.39, 0.29) is 18.1 Å². The summed E-state index contributed by atoms with van der Waals surface area (Å²) in [5, 5.41) is 14.8. The topological polar surface area (TPSA) is 61.4 Å². The lowest BCUT2D eigenvalue weighted by Gasteiger charge is -2.24. The number of carbonyl (C=O) groups excluding carboxylic acids is 1. The van der Waals surface area contributed by atoms with E-state index >= 15 is 0 Å². The van der Waals surface area contributed by atoms with Crippen molar-refractivity contribution < 1.29 is 9.90 Å². The highest BCUT2D eigenvalue weighted by Crippen LogP contribution is 2.19. The molecule has 0 fully saturated rings. The zero-order valence-corrected chi connectivity index (χ0v) is 13.4. The zero-order valence-electron chi connectivity index (χ0n) is 13.4. The van der Waals surface area contributed by atoms with Gasteiger partial charge in [0, 0.05) is 25.6 Å². The lowest BCUT2D eigenvalue weighted by Crippen LogP contribution is -2.42. The van der Waals surface area contributed by atoms with E-state index in [0.29, 0.717) is 25.4 Å². The molecule has 1 rings (SSSR count). The average molecular weight is 292 g/mol. The van der Waals surface area contributed by atoms with E-state index in [9.17, 15) is 4.79 Å². The number of aliphatic hydroxyl groups is 1. The van der Waals surface area contributed by atoms with Crippen molar-refractivity contribution in [1.82, 2.24) is 10.6 Å². The van der Waals surface area contributed by atoms with Crippen LogP contribution in [0.25, 0.3) is 0 Å². The fourth-order valence-electron chi connectivity index (χ4n) is 2.21. The summed E-state index contributed by atoms with van der Waals surface area (Å²) in [6.07, 6.45) is 1.66. The second kappa shape index (κ2) is 8.67. The molecule has 1 aromatic rings. The van der Waals surface area contributed by atoms with Gasteiger partial charge in [0.25, 0.3) is 0 Å². The van der Waals surface area contributed by atoms with Gasteiger partial charge < -0.3 is 15.7 Å². The van der Waals surface area contributed by atoms with Gasteiger partial charge in [-0.15, -0.1) is 0 Å². The van der Waals surface area contributed by atoms with Crippen LogP contribution in [-0.2, 0) is 0 Å². The highest BCUT2D eigenvalue weighted by molar-refractivity contribution is 5.73. The Morgan fingerprint density at radius 3 is 2.48 bits per heavy atom. The lowest BCUT2D eigenvalue weighted by atomic mass is 9.90. The molecule has 0 saturated carbocycles. The number of benzene rings is 1. The molecule has 0 aliphatic carbocycles. The Hall–Kier alpha value is -1.55. The first-order valence-corrected chi connectivity index (χ1v) is 7.66. The normalized spacial score (nSPS) is 12.8. The van der Waals surface area contributed by atoms with Crippen LogP contribution < -0.4 is 10.6 Å². The fraction of sp³-hybridized carbons (Fsp3) is 0.588. The molecule has 4 heteroatoms. The SMILES string of the molecule is CCC(CNC(=O)NCC(C)(C)CCO)c1ccccc1. The van der Waals surface area contributed by atoms with Crippen molar-refractivity contribution in [3.05, 3.63) is 35.9 Å². The third-order valence-corrected chi connectivity index (χ3v) is 3.79. The second-order valence-electron chi connectivity index (χ2n) is 6.22. The van der Waals surface area contributed by atoms with Crippen molar-refractivity contribution in [3.8, 4) is 0 Å². The van der Waals surface area contributed by atoms with Crippen LogP contribution in [0.1, 0.15) is 45.1 Å². The van der Waals surface area contributed by atoms with Crippen LogP contribution >= 0.6 is 0 Å². The molecule has 0 heterocycles. The van der Waals surface area contributed by atoms with E-state index in [1.54, 1.807) is 0 Å². The predicted molar refractivity (Wildman–Crippen MR) is 86.4 cm³/mol. The van der Waals surface area contributed by atoms with E-state index in [1.807, 2.05) is 32.0 Å². The Balaban J connectivity index is 2.38. The fourth-order valence-corrected chi connectivity index (χ4v) is 2.21. The van der Waals surface area contributed by atoms with Gasteiger partial charge in [0.2, 0.25) is 0 Å². The standard InChI is InChI=1S/C17H28N2O2/c1-4-14(15-8-6-5-7-9-15)12-18-16(21)19-13-17(2,3)10-11-20/h5-9,14,20H,4,10-13H2,1-3H3,(H2,18,19,21). The monoisotopic (exact) mass is 292 g/mol. The third kappa shape index (κ3) is 6.63. The Morgan fingerprint density at radius 1 is 1.24 bits per heavy atom. The van der Waals surface area contributed by atoms with Gasteiger partial charge >= 0.3 is 6.03 Å². The van der Waals surface area contributed by atoms with Crippen LogP contribution in [0.15, 0.2) is 30.3 Å². The number of rotatable bonds is 8. The molecule has 0 saturated heterocycles. The summed E-state index contributed by atoms with van der Waals surface area (Å²) in [5.74, 6) is 0.336. The predicted octanol–water partition coefficient (Wildman–Crippen LogP) is 2.89. The molecular formula is C17H28N2O2. The van der Waals surface area contributed by atoms with E-state index in [2.05, 4.69) is 29.7 Å². The molecule has 0 bridgehead atoms. The first-order valence-electron chi connectivity index (χ1n) is 7.66. The molecule has 0 aliphatic rings. The minimum Gasteiger partial charge on any atom is -0.396 e. The van der Waals surface area contributed by atoms with Gasteiger partial charge in [0.05, 0.1) is 0 Å². The van der Waals surface area contributed by atoms with Gasteiger partial charge in [-0.05, 0) is 23.8 Å². The molecule has 0 spiro atoms. The lowest BCUT2D eigenvalue weighted by molar-refractivity contribution is 0.201. The van der Waals surface area contributed by atoms with Crippen molar-refractivity contribution in [1.29, 1.82) is 0 Å². The number of hydrogen-bond donors (Lipinski definition) is 3. The largest absolute Gasteiger partial charge is 0.396 e. The van der Waals surface area contributed by atoms with Gasteiger partial charge in [-0.3, -0.25) is 0 Å². The summed E-state index contributed by atoms with van der Waals surface area (Å²) in [7, 11) is 0. The summed E-state index contributed by atoms with van der Waals surface area (Å²) in [4.78, 5) is 11.9. The van der Waals surface area contributed by atoms with Crippen LogP contribution in [-0.4, -0.2) is 30.8 Å². The Morgan fingerprint density at radius 2 is 1.90 bits per heavy atom. The average Bonchev–Trinajstić information content (AvgIpc) is 2.47. The van der Waals surface area contributed by atoms with Crippen molar-refractivity contribution in [2.24, 2.45) is 5.41 Å². The molecule has 118 valence electrons. The Labute approximate surface area is 128 Å². The summed E-state index contributed by atoms with van der Waals surface area (Å²) < 4.78 is 0. The second-order valence-corrected chi connectivity index (χ2v) is 6.22. The maximum atomic E-state index is 11.9. The van der Waals surface area contributed by atoms with Crippen molar-refractivity contribution >= 4 is 6.03 Å². The van der Waals surface area contributed by atoms with Crippen molar-refractivity contribution in [2.45, 2.75) is 39.5 Å². The summed E-state index contributed by atoms with van der Waals surface area (Å²) in [5.41, 5.74) is 1.16. The number of amides is 2. The molecule has 0 aromatic heterocycles. The van der Waals surface area contributed by atoms with Gasteiger partial charge in [0.15, 0.2) is 0 Å². The summed E-state index contributed by atoms with van der Waals surface area (Å²) >= 11 is 0. The smallest absolute Gasteiger partial charge is 0.314 e. The van der Waals surface area contributed by atoms with Gasteiger partial charge in [-0.1, -0.05) is 51.1 Å². The van der Waals surface area contributed by atoms with Crippen LogP contribution in [0.4, 0.5) is 4.79 Å². The molecule has 0 aliphatic heterocycles. The molecular weight excluding hydrogens is 264 g/mol. The van der Waals surface area contributed by atoms with Gasteiger partial charge in [-0.25, -0.2) is 4.79 Å². The first-order chi connectivity index (χ1) is 9.98. The zero-order chi connectivity index (χ0) is 15.7. The minimum atomic E-state index is -0.143. The molecule has 2 amide bonds. The van der Waals surface area contributed by atoms with Crippen LogP contribution in [0.5, 0.6) is 0 Å². The molecule has 0 radical (unpaired) electrons. The molecule has 1 atom stereocenters. The number of urea groups is 1. The van der Waals surface area contributed by atoms with E-state index in [1.165, 1.54) is 5.56 Å².